The molecule has 0 aromatic rings. The summed E-state index contributed by atoms with van der Waals surface area (Å²) in [4.78, 5) is 9.49. The van der Waals surface area contributed by atoms with Gasteiger partial charge in [0.15, 0.2) is 0 Å². The summed E-state index contributed by atoms with van der Waals surface area (Å²) in [6.07, 6.45) is 1.01. The molecule has 0 spiro atoms. The van der Waals surface area contributed by atoms with Gasteiger partial charge in [-0.3, -0.25) is 0 Å². The van der Waals surface area contributed by atoms with Crippen molar-refractivity contribution in [2.75, 3.05) is 0 Å². The SMILES string of the molecule is O=CCCB(O)O. The molecule has 0 saturated carbocycles. The normalized spacial score (nSPS) is 8.29. The van der Waals surface area contributed by atoms with Crippen molar-refractivity contribution in [2.24, 2.45) is 0 Å². The van der Waals surface area contributed by atoms with Gasteiger partial charge in [0, 0.05) is 6.42 Å². The van der Waals surface area contributed by atoms with Crippen molar-refractivity contribution in [3.8, 4) is 0 Å². The molecular formula is C3H7BO3. The first-order valence-corrected chi connectivity index (χ1v) is 2.07. The molecule has 40 valence electrons. The summed E-state index contributed by atoms with van der Waals surface area (Å²) >= 11 is 0. The third kappa shape index (κ3) is 5.65. The molecule has 0 fully saturated rings. The van der Waals surface area contributed by atoms with Crippen LogP contribution in [0.15, 0.2) is 0 Å². The van der Waals surface area contributed by atoms with E-state index >= 15 is 0 Å². The van der Waals surface area contributed by atoms with Crippen LogP contribution in [-0.4, -0.2) is 23.5 Å². The summed E-state index contributed by atoms with van der Waals surface area (Å²) in [5, 5.41) is 16.2. The van der Waals surface area contributed by atoms with Crippen molar-refractivity contribution >= 4 is 13.4 Å². The van der Waals surface area contributed by atoms with Gasteiger partial charge in [0.1, 0.15) is 6.29 Å². The molecular weight excluding hydrogens is 94.8 g/mol. The molecule has 0 aromatic carbocycles. The maximum atomic E-state index is 9.49. The lowest BCUT2D eigenvalue weighted by molar-refractivity contribution is -0.107. The van der Waals surface area contributed by atoms with Gasteiger partial charge in [-0.1, -0.05) is 0 Å². The minimum absolute atomic E-state index is 0.142. The molecule has 0 saturated heterocycles. The highest BCUT2D eigenvalue weighted by atomic mass is 16.4. The largest absolute Gasteiger partial charge is 0.451 e. The molecule has 4 heteroatoms. The molecule has 0 radical (unpaired) electrons. The Labute approximate surface area is 42.1 Å². The summed E-state index contributed by atoms with van der Waals surface area (Å²) in [5.41, 5.74) is 0. The van der Waals surface area contributed by atoms with E-state index in [-0.39, 0.29) is 12.7 Å². The zero-order valence-corrected chi connectivity index (χ0v) is 3.87. The second kappa shape index (κ2) is 3.83. The molecule has 2 N–H and O–H groups in total. The van der Waals surface area contributed by atoms with E-state index in [9.17, 15) is 4.79 Å². The van der Waals surface area contributed by atoms with Crippen LogP contribution in [0.3, 0.4) is 0 Å². The first kappa shape index (κ1) is 6.65. The summed E-state index contributed by atoms with van der Waals surface area (Å²) < 4.78 is 0. The van der Waals surface area contributed by atoms with Gasteiger partial charge < -0.3 is 14.8 Å². The van der Waals surface area contributed by atoms with Crippen LogP contribution in [0.5, 0.6) is 0 Å². The third-order valence-electron chi connectivity index (χ3n) is 0.543. The van der Waals surface area contributed by atoms with Crippen molar-refractivity contribution in [1.82, 2.24) is 0 Å². The van der Waals surface area contributed by atoms with Crippen molar-refractivity contribution in [1.29, 1.82) is 0 Å². The zero-order valence-electron chi connectivity index (χ0n) is 3.87. The summed E-state index contributed by atoms with van der Waals surface area (Å²) in [7, 11) is -1.33. The van der Waals surface area contributed by atoms with E-state index in [1.807, 2.05) is 0 Å². The number of hydrogen-bond acceptors (Lipinski definition) is 3. The highest BCUT2D eigenvalue weighted by molar-refractivity contribution is 6.41. The fraction of sp³-hybridized carbons (Fsp3) is 0.667. The third-order valence-corrected chi connectivity index (χ3v) is 0.543. The topological polar surface area (TPSA) is 57.5 Å². The van der Waals surface area contributed by atoms with Gasteiger partial charge >= 0.3 is 7.12 Å². The molecule has 0 rings (SSSR count). The van der Waals surface area contributed by atoms with Gasteiger partial charge in [-0.15, -0.1) is 0 Å². The second-order valence-electron chi connectivity index (χ2n) is 1.22. The van der Waals surface area contributed by atoms with Crippen LogP contribution in [0.25, 0.3) is 0 Å². The average Bonchev–Trinajstić information content (AvgIpc) is 1.61. The average molecular weight is 102 g/mol. The van der Waals surface area contributed by atoms with Crippen LogP contribution in [0.4, 0.5) is 0 Å². The van der Waals surface area contributed by atoms with Crippen molar-refractivity contribution in [3.63, 3.8) is 0 Å². The Balaban J connectivity index is 2.81. The first-order chi connectivity index (χ1) is 3.27. The van der Waals surface area contributed by atoms with Crippen LogP contribution < -0.4 is 0 Å². The number of carbonyl (C=O) groups excluding carboxylic acids is 1. The predicted molar refractivity (Wildman–Crippen MR) is 25.7 cm³/mol. The lowest BCUT2D eigenvalue weighted by Gasteiger charge is -1.87. The summed E-state index contributed by atoms with van der Waals surface area (Å²) in [6, 6.07) is 0. The maximum Gasteiger partial charge on any atom is 0.451 e. The standard InChI is InChI=1S/C3H7BO3/c5-3-1-2-4(6)7/h3,6-7H,1-2H2. The van der Waals surface area contributed by atoms with Crippen molar-refractivity contribution < 1.29 is 14.8 Å². The maximum absolute atomic E-state index is 9.49. The fourth-order valence-electron chi connectivity index (χ4n) is 0.217. The van der Waals surface area contributed by atoms with Gasteiger partial charge in [-0.2, -0.15) is 0 Å². The Bertz CT molecular complexity index is 54.1. The predicted octanol–water partition coefficient (Wildman–Crippen LogP) is -0.952. The molecule has 0 heterocycles. The molecule has 3 nitrogen and oxygen atoms in total. The van der Waals surface area contributed by atoms with Crippen LogP contribution in [0, 0.1) is 0 Å². The molecule has 0 aliphatic carbocycles. The minimum atomic E-state index is -1.33. The van der Waals surface area contributed by atoms with E-state index < -0.39 is 7.12 Å². The second-order valence-corrected chi connectivity index (χ2v) is 1.22. The molecule has 7 heavy (non-hydrogen) atoms. The molecule has 0 atom stereocenters. The molecule has 0 aliphatic rings. The van der Waals surface area contributed by atoms with E-state index in [4.69, 9.17) is 10.0 Å². The molecule has 0 bridgehead atoms. The Morgan fingerprint density at radius 3 is 2.29 bits per heavy atom. The van der Waals surface area contributed by atoms with E-state index in [2.05, 4.69) is 0 Å². The van der Waals surface area contributed by atoms with Crippen molar-refractivity contribution in [3.05, 3.63) is 0 Å². The van der Waals surface area contributed by atoms with E-state index in [1.165, 1.54) is 0 Å². The minimum Gasteiger partial charge on any atom is -0.427 e. The highest BCUT2D eigenvalue weighted by Gasteiger charge is 2.02. The number of rotatable bonds is 3. The molecule has 0 unspecified atom stereocenters. The van der Waals surface area contributed by atoms with E-state index in [0.29, 0.717) is 6.29 Å². The molecule has 0 aliphatic heterocycles. The first-order valence-electron chi connectivity index (χ1n) is 2.07. The Hall–Kier alpha value is -0.345. The molecule has 0 amide bonds. The number of hydrogen-bond donors (Lipinski definition) is 2. The lowest BCUT2D eigenvalue weighted by Crippen LogP contribution is -2.09. The number of aldehydes is 1. The summed E-state index contributed by atoms with van der Waals surface area (Å²) in [6.45, 7) is 0. The van der Waals surface area contributed by atoms with Gasteiger partial charge in [0.2, 0.25) is 0 Å². The van der Waals surface area contributed by atoms with Gasteiger partial charge in [-0.05, 0) is 6.32 Å². The monoisotopic (exact) mass is 102 g/mol. The summed E-state index contributed by atoms with van der Waals surface area (Å²) in [5.74, 6) is 0. The fourth-order valence-corrected chi connectivity index (χ4v) is 0.217. The zero-order chi connectivity index (χ0) is 5.70. The van der Waals surface area contributed by atoms with Crippen LogP contribution >= 0.6 is 0 Å². The quantitative estimate of drug-likeness (QED) is 0.356. The molecule has 0 aromatic heterocycles. The van der Waals surface area contributed by atoms with E-state index in [0.717, 1.165) is 0 Å². The van der Waals surface area contributed by atoms with Gasteiger partial charge in [-0.25, -0.2) is 0 Å². The van der Waals surface area contributed by atoms with Gasteiger partial charge in [0.25, 0.3) is 0 Å². The number of carbonyl (C=O) groups is 1. The lowest BCUT2D eigenvalue weighted by atomic mass is 9.85. The highest BCUT2D eigenvalue weighted by Crippen LogP contribution is 1.85. The van der Waals surface area contributed by atoms with Crippen molar-refractivity contribution in [2.45, 2.75) is 12.7 Å². The Morgan fingerprint density at radius 1 is 1.57 bits per heavy atom. The van der Waals surface area contributed by atoms with Crippen LogP contribution in [0.1, 0.15) is 6.42 Å². The Morgan fingerprint density at radius 2 is 2.14 bits per heavy atom. The van der Waals surface area contributed by atoms with E-state index in [1.54, 1.807) is 0 Å². The van der Waals surface area contributed by atoms with Gasteiger partial charge in [0.05, 0.1) is 0 Å². The van der Waals surface area contributed by atoms with Crippen LogP contribution in [-0.2, 0) is 4.79 Å². The Kier molecular flexibility index (Phi) is 3.64. The smallest absolute Gasteiger partial charge is 0.427 e. The van der Waals surface area contributed by atoms with Crippen LogP contribution in [0.2, 0.25) is 6.32 Å².